The first kappa shape index (κ1) is 29.3. The Labute approximate surface area is 225 Å². The molecule has 1 saturated heterocycles. The number of hydrogen-bond acceptors (Lipinski definition) is 5. The predicted octanol–water partition coefficient (Wildman–Crippen LogP) is 4.45. The van der Waals surface area contributed by atoms with Gasteiger partial charge in [0.05, 0.1) is 29.8 Å². The minimum atomic E-state index is -1.71. The van der Waals surface area contributed by atoms with Crippen molar-refractivity contribution in [2.45, 2.75) is 63.1 Å². The summed E-state index contributed by atoms with van der Waals surface area (Å²) in [4.78, 5) is 13.5. The van der Waals surface area contributed by atoms with Crippen LogP contribution in [0.1, 0.15) is 50.7 Å². The molecule has 1 aliphatic heterocycles. The van der Waals surface area contributed by atoms with E-state index < -0.39 is 53.7 Å². The molecule has 0 bridgehead atoms. The predicted molar refractivity (Wildman–Crippen MR) is 138 cm³/mol. The molecule has 3 rings (SSSR count). The summed E-state index contributed by atoms with van der Waals surface area (Å²) in [5.41, 5.74) is -2.06. The Morgan fingerprint density at radius 1 is 1.27 bits per heavy atom. The monoisotopic (exact) mass is 553 g/mol. The summed E-state index contributed by atoms with van der Waals surface area (Å²) in [7, 11) is 0. The van der Waals surface area contributed by atoms with E-state index in [1.54, 1.807) is 0 Å². The molecule has 0 spiro atoms. The van der Waals surface area contributed by atoms with Gasteiger partial charge in [-0.15, -0.1) is 0 Å². The summed E-state index contributed by atoms with van der Waals surface area (Å²) in [6.07, 6.45) is -0.576. The summed E-state index contributed by atoms with van der Waals surface area (Å²) in [6.45, 7) is 5.42. The van der Waals surface area contributed by atoms with Gasteiger partial charge in [0.15, 0.2) is 0 Å². The van der Waals surface area contributed by atoms with E-state index in [0.717, 1.165) is 6.07 Å². The largest absolute Gasteiger partial charge is 0.394 e. The molecule has 37 heavy (non-hydrogen) atoms. The molecule has 0 aliphatic carbocycles. The first-order valence-corrected chi connectivity index (χ1v) is 12.7. The molecule has 1 fully saturated rings. The molecule has 6 nitrogen and oxygen atoms in total. The number of benzene rings is 2. The van der Waals surface area contributed by atoms with E-state index in [1.807, 2.05) is 20.8 Å². The summed E-state index contributed by atoms with van der Waals surface area (Å²) >= 11 is 12.1. The van der Waals surface area contributed by atoms with Gasteiger partial charge in [0.25, 0.3) is 0 Å². The first-order chi connectivity index (χ1) is 17.4. The van der Waals surface area contributed by atoms with Gasteiger partial charge in [-0.05, 0) is 42.0 Å². The normalized spacial score (nSPS) is 24.5. The van der Waals surface area contributed by atoms with Crippen LogP contribution in [0.3, 0.4) is 0 Å². The van der Waals surface area contributed by atoms with Crippen molar-refractivity contribution in [3.8, 4) is 6.07 Å². The van der Waals surface area contributed by atoms with Crippen LogP contribution in [0.25, 0.3) is 0 Å². The van der Waals surface area contributed by atoms with E-state index in [0.29, 0.717) is 6.42 Å². The third-order valence-corrected chi connectivity index (χ3v) is 7.25. The highest BCUT2D eigenvalue weighted by atomic mass is 35.5. The Morgan fingerprint density at radius 3 is 2.57 bits per heavy atom. The Bertz CT molecular complexity index is 1180. The Balaban J connectivity index is 2.24. The number of nitrogens with zero attached hydrogens (tertiary/aromatic N) is 1. The molecule has 2 aromatic carbocycles. The van der Waals surface area contributed by atoms with Gasteiger partial charge >= 0.3 is 0 Å². The molecule has 0 aromatic heterocycles. The molecule has 1 aliphatic rings. The number of rotatable bonds is 8. The fourth-order valence-corrected chi connectivity index (χ4v) is 5.46. The Kier molecular flexibility index (Phi) is 9.20. The topological polar surface area (TPSA) is 105 Å². The standard InChI is InChI=1S/C27H31Cl2F2N3O3/c1-26(2,3)12-21-27(14-32,18-8-7-15(28)11-20(18)30)22(17-5-4-6-19(29)23(17)31)24(34-21)25(37)33-10-9-16(36)13-35/h4-8,11,16,21-22,24,34-36H,9-10,12-13H2,1-3H3,(H,33,37)/t16-,21-,22-,24+,27-/m0/s1. The minimum Gasteiger partial charge on any atom is -0.394 e. The second kappa shape index (κ2) is 11.6. The van der Waals surface area contributed by atoms with Crippen molar-refractivity contribution in [3.63, 3.8) is 0 Å². The fraction of sp³-hybridized carbons (Fsp3) is 0.481. The van der Waals surface area contributed by atoms with Crippen LogP contribution in [0.4, 0.5) is 8.78 Å². The average Bonchev–Trinajstić information content (AvgIpc) is 3.13. The SMILES string of the molecule is CC(C)(C)C[C@@H]1N[C@@H](C(=O)NCC[C@H](O)CO)[C@H](c2cccc(Cl)c2F)[C@@]1(C#N)c1ccc(Cl)cc1F. The van der Waals surface area contributed by atoms with Gasteiger partial charge in [0.1, 0.15) is 17.0 Å². The maximum absolute atomic E-state index is 15.5. The molecule has 0 unspecified atom stereocenters. The zero-order valence-corrected chi connectivity index (χ0v) is 22.4. The van der Waals surface area contributed by atoms with Crippen molar-refractivity contribution in [3.05, 3.63) is 69.2 Å². The highest BCUT2D eigenvalue weighted by Crippen LogP contribution is 2.52. The highest BCUT2D eigenvalue weighted by Gasteiger charge is 2.61. The number of aliphatic hydroxyl groups is 2. The quantitative estimate of drug-likeness (QED) is 0.386. The summed E-state index contributed by atoms with van der Waals surface area (Å²) in [5, 5.41) is 35.3. The summed E-state index contributed by atoms with van der Waals surface area (Å²) < 4.78 is 31.1. The molecule has 10 heteroatoms. The number of aliphatic hydroxyl groups excluding tert-OH is 2. The lowest BCUT2D eigenvalue weighted by Crippen LogP contribution is -2.46. The molecule has 0 radical (unpaired) electrons. The number of hydrogen-bond donors (Lipinski definition) is 4. The molecule has 5 atom stereocenters. The number of amides is 1. The van der Waals surface area contributed by atoms with E-state index in [-0.39, 0.29) is 39.6 Å². The van der Waals surface area contributed by atoms with Crippen molar-refractivity contribution in [2.24, 2.45) is 5.41 Å². The van der Waals surface area contributed by atoms with Crippen molar-refractivity contribution >= 4 is 29.1 Å². The van der Waals surface area contributed by atoms with Crippen LogP contribution in [0.5, 0.6) is 0 Å². The number of nitrogens with one attached hydrogen (secondary N) is 2. The molecular formula is C27H31Cl2F2N3O3. The van der Waals surface area contributed by atoms with Crippen LogP contribution in [0.2, 0.25) is 10.0 Å². The lowest BCUT2D eigenvalue weighted by atomic mass is 9.62. The van der Waals surface area contributed by atoms with Gasteiger partial charge in [-0.3, -0.25) is 4.79 Å². The maximum Gasteiger partial charge on any atom is 0.237 e. The third-order valence-electron chi connectivity index (χ3n) is 6.72. The van der Waals surface area contributed by atoms with Crippen LogP contribution in [0, 0.1) is 28.4 Å². The summed E-state index contributed by atoms with van der Waals surface area (Å²) in [5.74, 6) is -3.26. The van der Waals surface area contributed by atoms with Crippen LogP contribution in [-0.4, -0.2) is 47.5 Å². The molecular weight excluding hydrogens is 523 g/mol. The lowest BCUT2D eigenvalue weighted by molar-refractivity contribution is -0.123. The summed E-state index contributed by atoms with van der Waals surface area (Å²) in [6, 6.07) is 8.68. The highest BCUT2D eigenvalue weighted by molar-refractivity contribution is 6.31. The van der Waals surface area contributed by atoms with Crippen LogP contribution in [-0.2, 0) is 10.2 Å². The second-order valence-electron chi connectivity index (χ2n) is 10.6. The van der Waals surface area contributed by atoms with Crippen molar-refractivity contribution in [2.75, 3.05) is 13.2 Å². The van der Waals surface area contributed by atoms with Crippen LogP contribution < -0.4 is 10.6 Å². The number of halogens is 4. The molecule has 2 aromatic rings. The second-order valence-corrected chi connectivity index (χ2v) is 11.4. The lowest BCUT2D eigenvalue weighted by Gasteiger charge is -2.37. The van der Waals surface area contributed by atoms with E-state index in [2.05, 4.69) is 16.7 Å². The zero-order chi connectivity index (χ0) is 27.5. The van der Waals surface area contributed by atoms with E-state index in [9.17, 15) is 15.2 Å². The Hall–Kier alpha value is -2.28. The fourth-order valence-electron chi connectivity index (χ4n) is 5.12. The molecule has 1 heterocycles. The van der Waals surface area contributed by atoms with Crippen molar-refractivity contribution in [1.29, 1.82) is 5.26 Å². The molecule has 1 amide bonds. The van der Waals surface area contributed by atoms with E-state index in [4.69, 9.17) is 28.3 Å². The van der Waals surface area contributed by atoms with Gasteiger partial charge in [0, 0.05) is 29.1 Å². The van der Waals surface area contributed by atoms with Gasteiger partial charge < -0.3 is 20.8 Å². The maximum atomic E-state index is 15.5. The first-order valence-electron chi connectivity index (χ1n) is 12.0. The Morgan fingerprint density at radius 2 is 1.97 bits per heavy atom. The van der Waals surface area contributed by atoms with Crippen LogP contribution >= 0.6 is 23.2 Å². The number of nitriles is 1. The van der Waals surface area contributed by atoms with Gasteiger partial charge in [-0.25, -0.2) is 8.78 Å². The van der Waals surface area contributed by atoms with Crippen molar-refractivity contribution < 1.29 is 23.8 Å². The van der Waals surface area contributed by atoms with Crippen LogP contribution in [0.15, 0.2) is 36.4 Å². The molecule has 4 N–H and O–H groups in total. The van der Waals surface area contributed by atoms with Crippen molar-refractivity contribution in [1.82, 2.24) is 10.6 Å². The minimum absolute atomic E-state index is 0.00264. The smallest absolute Gasteiger partial charge is 0.237 e. The third kappa shape index (κ3) is 6.08. The molecule has 200 valence electrons. The van der Waals surface area contributed by atoms with Gasteiger partial charge in [-0.1, -0.05) is 62.2 Å². The van der Waals surface area contributed by atoms with E-state index in [1.165, 1.54) is 30.3 Å². The average molecular weight is 554 g/mol. The van der Waals surface area contributed by atoms with Gasteiger partial charge in [-0.2, -0.15) is 5.26 Å². The van der Waals surface area contributed by atoms with E-state index >= 15 is 8.78 Å². The number of carbonyl (C=O) groups excluding carboxylic acids is 1. The zero-order valence-electron chi connectivity index (χ0n) is 20.9. The van der Waals surface area contributed by atoms with Gasteiger partial charge in [0.2, 0.25) is 5.91 Å². The number of carbonyl (C=O) groups is 1. The molecule has 0 saturated carbocycles.